The minimum absolute atomic E-state index is 0.277. The zero-order valence-corrected chi connectivity index (χ0v) is 10.3. The lowest BCUT2D eigenvalue weighted by molar-refractivity contribution is 0.310. The first kappa shape index (κ1) is 12.8. The predicted octanol–water partition coefficient (Wildman–Crippen LogP) is 2.76. The Balaban J connectivity index is 1.86. The Labute approximate surface area is 107 Å². The second-order valence-electron chi connectivity index (χ2n) is 4.56. The number of halogens is 1. The van der Waals surface area contributed by atoms with E-state index in [1.54, 1.807) is 0 Å². The lowest BCUT2D eigenvalue weighted by Gasteiger charge is -2.08. The Bertz CT molecular complexity index is 438. The number of hydrogen-bond donors (Lipinski definition) is 1. The van der Waals surface area contributed by atoms with E-state index in [2.05, 4.69) is 11.4 Å². The first-order valence-electron chi connectivity index (χ1n) is 6.30. The van der Waals surface area contributed by atoms with Crippen LogP contribution in [0.3, 0.4) is 0 Å². The van der Waals surface area contributed by atoms with Crippen molar-refractivity contribution in [3.63, 3.8) is 0 Å². The van der Waals surface area contributed by atoms with Crippen LogP contribution >= 0.6 is 0 Å². The van der Waals surface area contributed by atoms with Crippen molar-refractivity contribution in [2.75, 3.05) is 6.61 Å². The molecule has 4 heteroatoms. The molecule has 0 bridgehead atoms. The van der Waals surface area contributed by atoms with Gasteiger partial charge in [0.1, 0.15) is 11.6 Å². The van der Waals surface area contributed by atoms with Crippen molar-refractivity contribution in [2.45, 2.75) is 38.3 Å². The topological polar surface area (TPSA) is 45.0 Å². The summed E-state index contributed by atoms with van der Waals surface area (Å²) < 4.78 is 18.8. The van der Waals surface area contributed by atoms with E-state index in [0.29, 0.717) is 37.8 Å². The van der Waals surface area contributed by atoms with Crippen molar-refractivity contribution in [3.8, 4) is 11.8 Å². The molecule has 0 unspecified atom stereocenters. The highest BCUT2D eigenvalue weighted by Crippen LogP contribution is 2.21. The van der Waals surface area contributed by atoms with Crippen LogP contribution < -0.4 is 10.1 Å². The second-order valence-corrected chi connectivity index (χ2v) is 4.56. The maximum absolute atomic E-state index is 13.4. The monoisotopic (exact) mass is 248 g/mol. The van der Waals surface area contributed by atoms with Gasteiger partial charge in [-0.05, 0) is 37.0 Å². The van der Waals surface area contributed by atoms with E-state index in [1.807, 2.05) is 6.07 Å². The average molecular weight is 248 g/mol. The summed E-state index contributed by atoms with van der Waals surface area (Å²) in [7, 11) is 0. The minimum Gasteiger partial charge on any atom is -0.493 e. The fraction of sp³-hybridized carbons (Fsp3) is 0.500. The van der Waals surface area contributed by atoms with Crippen LogP contribution in [0.15, 0.2) is 18.2 Å². The van der Waals surface area contributed by atoms with Gasteiger partial charge in [0.05, 0.1) is 12.7 Å². The minimum atomic E-state index is -0.277. The summed E-state index contributed by atoms with van der Waals surface area (Å²) in [5.41, 5.74) is 0.900. The van der Waals surface area contributed by atoms with Crippen LogP contribution in [0.5, 0.6) is 5.75 Å². The number of unbranched alkanes of at least 4 members (excludes halogenated alkanes) is 1. The van der Waals surface area contributed by atoms with Crippen LogP contribution in [-0.4, -0.2) is 12.6 Å². The summed E-state index contributed by atoms with van der Waals surface area (Å²) in [5, 5.41) is 11.7. The van der Waals surface area contributed by atoms with Crippen molar-refractivity contribution >= 4 is 0 Å². The van der Waals surface area contributed by atoms with E-state index in [-0.39, 0.29) is 5.82 Å². The largest absolute Gasteiger partial charge is 0.493 e. The number of hydrogen-bond acceptors (Lipinski definition) is 3. The number of nitrogens with zero attached hydrogens (tertiary/aromatic N) is 1. The van der Waals surface area contributed by atoms with Crippen molar-refractivity contribution < 1.29 is 9.13 Å². The highest BCUT2D eigenvalue weighted by molar-refractivity contribution is 5.29. The van der Waals surface area contributed by atoms with Crippen molar-refractivity contribution in [2.24, 2.45) is 0 Å². The summed E-state index contributed by atoms with van der Waals surface area (Å²) in [6, 6.07) is 7.42. The molecule has 0 spiro atoms. The predicted molar refractivity (Wildman–Crippen MR) is 66.6 cm³/mol. The summed E-state index contributed by atoms with van der Waals surface area (Å²) in [4.78, 5) is 0. The van der Waals surface area contributed by atoms with Crippen molar-refractivity contribution in [1.29, 1.82) is 5.26 Å². The van der Waals surface area contributed by atoms with Gasteiger partial charge < -0.3 is 10.1 Å². The van der Waals surface area contributed by atoms with Gasteiger partial charge in [0.25, 0.3) is 0 Å². The van der Waals surface area contributed by atoms with E-state index >= 15 is 0 Å². The maximum Gasteiger partial charge on any atom is 0.127 e. The summed E-state index contributed by atoms with van der Waals surface area (Å²) in [6.07, 6.45) is 3.56. The molecule has 3 nitrogen and oxygen atoms in total. The van der Waals surface area contributed by atoms with Crippen LogP contribution in [0, 0.1) is 17.1 Å². The summed E-state index contributed by atoms with van der Waals surface area (Å²) in [6.45, 7) is 1.13. The van der Waals surface area contributed by atoms with Crippen molar-refractivity contribution in [1.82, 2.24) is 5.32 Å². The van der Waals surface area contributed by atoms with E-state index in [4.69, 9.17) is 10.00 Å². The molecule has 1 aromatic rings. The van der Waals surface area contributed by atoms with Gasteiger partial charge in [-0.2, -0.15) is 5.26 Å². The van der Waals surface area contributed by atoms with Crippen LogP contribution in [0.25, 0.3) is 0 Å². The molecule has 0 radical (unpaired) electrons. The van der Waals surface area contributed by atoms with E-state index in [1.165, 1.54) is 25.0 Å². The summed E-state index contributed by atoms with van der Waals surface area (Å²) in [5.74, 6) is 0.265. The zero-order valence-electron chi connectivity index (χ0n) is 10.3. The molecule has 1 aromatic carbocycles. The van der Waals surface area contributed by atoms with Crippen LogP contribution in [0.2, 0.25) is 0 Å². The molecule has 1 aliphatic carbocycles. The number of rotatable bonds is 7. The molecule has 0 atom stereocenters. The standard InChI is InChI=1S/C14H17FN2O/c15-12-7-11(10-17-13-3-4-13)8-14(9-12)18-6-2-1-5-16/h7-9,13,17H,1-4,6,10H2. The first-order valence-corrected chi connectivity index (χ1v) is 6.30. The van der Waals surface area contributed by atoms with Crippen LogP contribution in [0.4, 0.5) is 4.39 Å². The number of ether oxygens (including phenoxy) is 1. The molecule has 18 heavy (non-hydrogen) atoms. The fourth-order valence-corrected chi connectivity index (χ4v) is 1.70. The summed E-state index contributed by atoms with van der Waals surface area (Å²) >= 11 is 0. The molecule has 1 saturated carbocycles. The maximum atomic E-state index is 13.4. The number of nitrogens with one attached hydrogen (secondary N) is 1. The Kier molecular flexibility index (Phi) is 4.54. The highest BCUT2D eigenvalue weighted by Gasteiger charge is 2.20. The van der Waals surface area contributed by atoms with Gasteiger partial charge in [-0.1, -0.05) is 0 Å². The molecule has 1 fully saturated rings. The first-order chi connectivity index (χ1) is 8.78. The SMILES string of the molecule is N#CCCCOc1cc(F)cc(CNC2CC2)c1. The van der Waals surface area contributed by atoms with Gasteiger partial charge in [0, 0.05) is 25.1 Å². The Hall–Kier alpha value is -1.60. The number of benzene rings is 1. The van der Waals surface area contributed by atoms with Gasteiger partial charge in [-0.15, -0.1) is 0 Å². The zero-order chi connectivity index (χ0) is 12.8. The average Bonchev–Trinajstić information content (AvgIpc) is 3.16. The van der Waals surface area contributed by atoms with Crippen LogP contribution in [-0.2, 0) is 6.54 Å². The number of nitriles is 1. The van der Waals surface area contributed by atoms with Gasteiger partial charge >= 0.3 is 0 Å². The van der Waals surface area contributed by atoms with Crippen LogP contribution in [0.1, 0.15) is 31.2 Å². The smallest absolute Gasteiger partial charge is 0.127 e. The normalized spacial score (nSPS) is 14.2. The Morgan fingerprint density at radius 2 is 2.22 bits per heavy atom. The molecule has 1 N–H and O–H groups in total. The van der Waals surface area contributed by atoms with E-state index < -0.39 is 0 Å². The molecule has 0 aromatic heterocycles. The molecule has 0 aliphatic heterocycles. The van der Waals surface area contributed by atoms with E-state index in [0.717, 1.165) is 5.56 Å². The van der Waals surface area contributed by atoms with Gasteiger partial charge in [-0.3, -0.25) is 0 Å². The highest BCUT2D eigenvalue weighted by atomic mass is 19.1. The van der Waals surface area contributed by atoms with Crippen molar-refractivity contribution in [3.05, 3.63) is 29.6 Å². The third kappa shape index (κ3) is 4.34. The lowest BCUT2D eigenvalue weighted by Crippen LogP contribution is -2.15. The molecule has 0 heterocycles. The molecule has 1 aliphatic rings. The van der Waals surface area contributed by atoms with Gasteiger partial charge in [0.15, 0.2) is 0 Å². The Morgan fingerprint density at radius 3 is 2.94 bits per heavy atom. The second kappa shape index (κ2) is 6.36. The molecule has 0 amide bonds. The van der Waals surface area contributed by atoms with Gasteiger partial charge in [0.2, 0.25) is 0 Å². The molecule has 2 rings (SSSR count). The molecular weight excluding hydrogens is 231 g/mol. The van der Waals surface area contributed by atoms with E-state index in [9.17, 15) is 4.39 Å². The lowest BCUT2D eigenvalue weighted by atomic mass is 10.2. The third-order valence-electron chi connectivity index (χ3n) is 2.80. The third-order valence-corrected chi connectivity index (χ3v) is 2.80. The molecular formula is C14H17FN2O. The fourth-order valence-electron chi connectivity index (χ4n) is 1.70. The quantitative estimate of drug-likeness (QED) is 0.755. The van der Waals surface area contributed by atoms with Gasteiger partial charge in [-0.25, -0.2) is 4.39 Å². The molecule has 0 saturated heterocycles. The molecule has 96 valence electrons. The Morgan fingerprint density at radius 1 is 1.39 bits per heavy atom.